The summed E-state index contributed by atoms with van der Waals surface area (Å²) in [5, 5.41) is 0. The fourth-order valence-corrected chi connectivity index (χ4v) is 0.507. The third-order valence-corrected chi connectivity index (χ3v) is 1.04. The number of alkyl halides is 1. The highest BCUT2D eigenvalue weighted by molar-refractivity contribution is 7.81. The summed E-state index contributed by atoms with van der Waals surface area (Å²) in [6.45, 7) is 2.13. The maximum Gasteiger partial charge on any atom is 0.437 e. The Labute approximate surface area is 57.7 Å². The third-order valence-electron chi connectivity index (χ3n) is 0.624. The van der Waals surface area contributed by atoms with E-state index in [0.29, 0.717) is 0 Å². The van der Waals surface area contributed by atoms with Gasteiger partial charge in [-0.2, -0.15) is 8.42 Å². The third kappa shape index (κ3) is 5.64. The number of hydrogen-bond acceptors (Lipinski definition) is 3. The molecule has 60 valence electrons. The Morgan fingerprint density at radius 1 is 1.70 bits per heavy atom. The van der Waals surface area contributed by atoms with Gasteiger partial charge >= 0.3 is 10.5 Å². The predicted octanol–water partition coefficient (Wildman–Crippen LogP) is 0.741. The summed E-state index contributed by atoms with van der Waals surface area (Å²) in [7, 11) is -5.02. The number of rotatable bonds is 4. The van der Waals surface area contributed by atoms with Crippen LogP contribution in [-0.2, 0) is 14.7 Å². The second-order valence-corrected chi connectivity index (χ2v) is 2.45. The molecule has 0 rings (SSSR count). The van der Waals surface area contributed by atoms with Crippen LogP contribution >= 0.6 is 0 Å². The average Bonchev–Trinajstić information content (AvgIpc) is 1.81. The molecule has 3 nitrogen and oxygen atoms in total. The van der Waals surface area contributed by atoms with Gasteiger partial charge in [0.2, 0.25) is 0 Å². The van der Waals surface area contributed by atoms with Crippen LogP contribution in [-0.4, -0.2) is 21.2 Å². The fraction of sp³-hybridized carbons (Fsp3) is 0.500. The van der Waals surface area contributed by atoms with Crippen LogP contribution < -0.4 is 0 Å². The molecule has 0 spiro atoms. The zero-order valence-electron chi connectivity index (χ0n) is 4.96. The fourth-order valence-electron chi connectivity index (χ4n) is 0.214. The molecule has 0 aromatic heterocycles. The molecule has 0 saturated carbocycles. The largest absolute Gasteiger partial charge is 0.437 e. The normalized spacial score (nSPS) is 14.6. The molecular formula is C4H6F2O3S. The van der Waals surface area contributed by atoms with Gasteiger partial charge in [-0.1, -0.05) is 9.96 Å². The van der Waals surface area contributed by atoms with Gasteiger partial charge in [-0.25, -0.2) is 8.57 Å². The summed E-state index contributed by atoms with van der Waals surface area (Å²) >= 11 is 0. The molecule has 0 amide bonds. The van der Waals surface area contributed by atoms with Crippen LogP contribution in [0.5, 0.6) is 0 Å². The lowest BCUT2D eigenvalue weighted by Crippen LogP contribution is -2.09. The van der Waals surface area contributed by atoms with E-state index in [9.17, 15) is 16.7 Å². The van der Waals surface area contributed by atoms with Gasteiger partial charge < -0.3 is 0 Å². The van der Waals surface area contributed by atoms with Crippen molar-refractivity contribution in [3.63, 3.8) is 0 Å². The molecule has 1 atom stereocenters. The summed E-state index contributed by atoms with van der Waals surface area (Å²) in [6.07, 6.45) is -0.851. The first-order valence-electron chi connectivity index (χ1n) is 2.31. The van der Waals surface area contributed by atoms with Crippen molar-refractivity contribution in [2.24, 2.45) is 0 Å². The van der Waals surface area contributed by atoms with Crippen molar-refractivity contribution >= 4 is 10.5 Å². The molecule has 1 unspecified atom stereocenters. The van der Waals surface area contributed by atoms with E-state index in [1.165, 1.54) is 0 Å². The van der Waals surface area contributed by atoms with Crippen LogP contribution in [0.1, 0.15) is 0 Å². The first-order chi connectivity index (χ1) is 4.45. The van der Waals surface area contributed by atoms with Crippen LogP contribution in [0.15, 0.2) is 12.7 Å². The molecule has 0 saturated heterocycles. The van der Waals surface area contributed by atoms with Gasteiger partial charge in [0.25, 0.3) is 0 Å². The van der Waals surface area contributed by atoms with E-state index in [2.05, 4.69) is 10.8 Å². The van der Waals surface area contributed by atoms with Crippen molar-refractivity contribution in [2.75, 3.05) is 6.61 Å². The van der Waals surface area contributed by atoms with Gasteiger partial charge in [0.15, 0.2) is 0 Å². The molecule has 0 radical (unpaired) electrons. The Kier molecular flexibility index (Phi) is 3.45. The predicted molar refractivity (Wildman–Crippen MR) is 31.1 cm³/mol. The summed E-state index contributed by atoms with van der Waals surface area (Å²) in [5.41, 5.74) is 0. The zero-order chi connectivity index (χ0) is 8.20. The summed E-state index contributed by atoms with van der Waals surface area (Å²) in [4.78, 5) is 0. The number of halogens is 2. The van der Waals surface area contributed by atoms with E-state index in [1.807, 2.05) is 0 Å². The molecule has 0 aliphatic rings. The maximum atomic E-state index is 12.0. The van der Waals surface area contributed by atoms with E-state index < -0.39 is 23.3 Å². The first kappa shape index (κ1) is 9.51. The Hall–Kier alpha value is -0.490. The van der Waals surface area contributed by atoms with E-state index in [1.54, 1.807) is 0 Å². The van der Waals surface area contributed by atoms with Crippen LogP contribution in [0.4, 0.5) is 8.28 Å². The lowest BCUT2D eigenvalue weighted by Gasteiger charge is -1.98. The van der Waals surface area contributed by atoms with Gasteiger partial charge in [-0.05, 0) is 0 Å². The maximum absolute atomic E-state index is 12.0. The van der Waals surface area contributed by atoms with Crippen LogP contribution in [0.25, 0.3) is 0 Å². The minimum Gasteiger partial charge on any atom is -0.241 e. The molecule has 0 aromatic rings. The van der Waals surface area contributed by atoms with Gasteiger partial charge in [0.05, 0.1) is 0 Å². The minimum absolute atomic E-state index is 0.811. The van der Waals surface area contributed by atoms with Crippen molar-refractivity contribution in [3.05, 3.63) is 12.7 Å². The SMILES string of the molecule is C=CC(F)COS(=O)(=O)F. The topological polar surface area (TPSA) is 43.4 Å². The monoisotopic (exact) mass is 172 g/mol. The molecular weight excluding hydrogens is 166 g/mol. The zero-order valence-corrected chi connectivity index (χ0v) is 5.77. The molecule has 0 fully saturated rings. The van der Waals surface area contributed by atoms with E-state index in [4.69, 9.17) is 0 Å². The van der Waals surface area contributed by atoms with Gasteiger partial charge in [-0.3, -0.25) is 0 Å². The van der Waals surface area contributed by atoms with E-state index in [-0.39, 0.29) is 0 Å². The standard InChI is InChI=1S/C4H6F2O3S/c1-2-4(5)3-9-10(6,7)8/h2,4H,1,3H2. The quantitative estimate of drug-likeness (QED) is 0.464. The van der Waals surface area contributed by atoms with Crippen LogP contribution in [0.3, 0.4) is 0 Å². The highest BCUT2D eigenvalue weighted by Gasteiger charge is 2.10. The minimum atomic E-state index is -5.02. The molecule has 0 aromatic carbocycles. The Bertz CT molecular complexity index is 199. The average molecular weight is 172 g/mol. The highest BCUT2D eigenvalue weighted by Crippen LogP contribution is 1.98. The summed E-state index contributed by atoms with van der Waals surface area (Å²) in [6, 6.07) is 0. The van der Waals surface area contributed by atoms with E-state index in [0.717, 1.165) is 6.08 Å². The lowest BCUT2D eigenvalue weighted by atomic mass is 10.4. The van der Waals surface area contributed by atoms with Gasteiger partial charge in [-0.15, -0.1) is 6.58 Å². The summed E-state index contributed by atoms with van der Waals surface area (Å²) < 4.78 is 46.0. The molecule has 0 aliphatic heterocycles. The van der Waals surface area contributed by atoms with Crippen molar-refractivity contribution in [1.29, 1.82) is 0 Å². The second-order valence-electron chi connectivity index (χ2n) is 1.43. The van der Waals surface area contributed by atoms with Crippen molar-refractivity contribution in [3.8, 4) is 0 Å². The molecule has 10 heavy (non-hydrogen) atoms. The Morgan fingerprint density at radius 3 is 2.50 bits per heavy atom. The van der Waals surface area contributed by atoms with Crippen molar-refractivity contribution in [1.82, 2.24) is 0 Å². The van der Waals surface area contributed by atoms with Crippen LogP contribution in [0, 0.1) is 0 Å². The molecule has 0 aliphatic carbocycles. The molecule has 0 bridgehead atoms. The molecule has 6 heteroatoms. The van der Waals surface area contributed by atoms with Crippen LogP contribution in [0.2, 0.25) is 0 Å². The summed E-state index contributed by atoms with van der Waals surface area (Å²) in [5.74, 6) is 0. The second kappa shape index (κ2) is 3.62. The van der Waals surface area contributed by atoms with Crippen molar-refractivity contribution in [2.45, 2.75) is 6.17 Å². The smallest absolute Gasteiger partial charge is 0.241 e. The molecule has 0 heterocycles. The molecule has 0 N–H and O–H groups in total. The Morgan fingerprint density at radius 2 is 2.20 bits per heavy atom. The first-order valence-corrected chi connectivity index (χ1v) is 3.62. The van der Waals surface area contributed by atoms with E-state index >= 15 is 0 Å². The Balaban J connectivity index is 3.66. The number of hydrogen-bond donors (Lipinski definition) is 0. The van der Waals surface area contributed by atoms with Crippen molar-refractivity contribution < 1.29 is 20.9 Å². The van der Waals surface area contributed by atoms with Gasteiger partial charge in [0, 0.05) is 0 Å². The highest BCUT2D eigenvalue weighted by atomic mass is 32.3. The van der Waals surface area contributed by atoms with Gasteiger partial charge in [0.1, 0.15) is 12.8 Å². The lowest BCUT2D eigenvalue weighted by molar-refractivity contribution is 0.221.